The fraction of sp³-hybridized carbons (Fsp3) is 0.588. The van der Waals surface area contributed by atoms with Crippen molar-refractivity contribution >= 4 is 17.5 Å². The molecule has 134 valence electrons. The van der Waals surface area contributed by atoms with Gasteiger partial charge in [-0.3, -0.25) is 9.69 Å². The lowest BCUT2D eigenvalue weighted by Gasteiger charge is -2.18. The van der Waals surface area contributed by atoms with Crippen LogP contribution in [0.4, 0.5) is 0 Å². The van der Waals surface area contributed by atoms with E-state index >= 15 is 0 Å². The van der Waals surface area contributed by atoms with Crippen LogP contribution in [-0.2, 0) is 16.1 Å². The van der Waals surface area contributed by atoms with Crippen molar-refractivity contribution in [3.8, 4) is 11.5 Å². The standard InChI is InChI=1S/C17H25ClN2O4/c1-19-17(21)13-9-20(8-12(13)10-22-2)7-11-5-6-14(23-3)16(24-4)15(11)18/h5-6,12-13H,7-10H2,1-4H3,(H,19,21)/t12-,13+/m0/s1. The summed E-state index contributed by atoms with van der Waals surface area (Å²) in [5, 5.41) is 3.29. The van der Waals surface area contributed by atoms with Crippen LogP contribution < -0.4 is 14.8 Å². The number of carbonyl (C=O) groups is 1. The van der Waals surface area contributed by atoms with E-state index in [-0.39, 0.29) is 17.7 Å². The highest BCUT2D eigenvalue weighted by Gasteiger charge is 2.37. The van der Waals surface area contributed by atoms with Gasteiger partial charge in [0.25, 0.3) is 0 Å². The minimum Gasteiger partial charge on any atom is -0.493 e. The topological polar surface area (TPSA) is 60.0 Å². The minimum atomic E-state index is -0.0751. The van der Waals surface area contributed by atoms with E-state index in [2.05, 4.69) is 10.2 Å². The quantitative estimate of drug-likeness (QED) is 0.807. The Labute approximate surface area is 148 Å². The zero-order valence-corrected chi connectivity index (χ0v) is 15.4. The molecule has 1 aliphatic rings. The molecule has 1 saturated heterocycles. The second-order valence-electron chi connectivity index (χ2n) is 5.90. The molecule has 24 heavy (non-hydrogen) atoms. The average molecular weight is 357 g/mol. The van der Waals surface area contributed by atoms with E-state index in [1.807, 2.05) is 12.1 Å². The first kappa shape index (κ1) is 18.8. The van der Waals surface area contributed by atoms with E-state index in [1.54, 1.807) is 28.4 Å². The molecule has 0 aliphatic carbocycles. The predicted octanol–water partition coefficient (Wildman–Crippen LogP) is 1.80. The molecule has 1 fully saturated rings. The van der Waals surface area contributed by atoms with Crippen LogP contribution >= 0.6 is 11.6 Å². The highest BCUT2D eigenvalue weighted by molar-refractivity contribution is 6.33. The van der Waals surface area contributed by atoms with Gasteiger partial charge in [0.15, 0.2) is 11.5 Å². The van der Waals surface area contributed by atoms with Crippen molar-refractivity contribution in [3.05, 3.63) is 22.7 Å². The van der Waals surface area contributed by atoms with Gasteiger partial charge < -0.3 is 19.5 Å². The highest BCUT2D eigenvalue weighted by atomic mass is 35.5. The number of nitrogens with zero attached hydrogens (tertiary/aromatic N) is 1. The molecule has 0 bridgehead atoms. The summed E-state index contributed by atoms with van der Waals surface area (Å²) >= 11 is 6.46. The van der Waals surface area contributed by atoms with E-state index in [1.165, 1.54) is 0 Å². The Morgan fingerprint density at radius 1 is 1.29 bits per heavy atom. The van der Waals surface area contributed by atoms with Crippen molar-refractivity contribution in [1.29, 1.82) is 0 Å². The number of nitrogens with one attached hydrogen (secondary N) is 1. The Hall–Kier alpha value is -1.50. The van der Waals surface area contributed by atoms with Gasteiger partial charge in [-0.05, 0) is 11.6 Å². The van der Waals surface area contributed by atoms with Gasteiger partial charge in [-0.25, -0.2) is 0 Å². The maximum absolute atomic E-state index is 12.1. The molecule has 2 rings (SSSR count). The maximum atomic E-state index is 12.1. The lowest BCUT2D eigenvalue weighted by molar-refractivity contribution is -0.125. The van der Waals surface area contributed by atoms with Gasteiger partial charge in [-0.2, -0.15) is 0 Å². The van der Waals surface area contributed by atoms with Crippen LogP contribution in [0.1, 0.15) is 5.56 Å². The van der Waals surface area contributed by atoms with Gasteiger partial charge in [0.2, 0.25) is 5.91 Å². The summed E-state index contributed by atoms with van der Waals surface area (Å²) in [5.41, 5.74) is 0.947. The van der Waals surface area contributed by atoms with Gasteiger partial charge in [-0.1, -0.05) is 17.7 Å². The lowest BCUT2D eigenvalue weighted by atomic mass is 9.96. The maximum Gasteiger partial charge on any atom is 0.224 e. The molecule has 1 aromatic carbocycles. The molecule has 1 heterocycles. The van der Waals surface area contributed by atoms with Gasteiger partial charge in [0.05, 0.1) is 31.8 Å². The molecule has 7 heteroatoms. The molecule has 1 aromatic rings. The molecule has 6 nitrogen and oxygen atoms in total. The van der Waals surface area contributed by atoms with Crippen molar-refractivity contribution in [3.63, 3.8) is 0 Å². The molecule has 0 spiro atoms. The summed E-state index contributed by atoms with van der Waals surface area (Å²) < 4.78 is 15.9. The molecular weight excluding hydrogens is 332 g/mol. The van der Waals surface area contributed by atoms with Crippen molar-refractivity contribution < 1.29 is 19.0 Å². The summed E-state index contributed by atoms with van der Waals surface area (Å²) in [4.78, 5) is 14.3. The van der Waals surface area contributed by atoms with Crippen LogP contribution in [-0.4, -0.2) is 58.9 Å². The van der Waals surface area contributed by atoms with Crippen molar-refractivity contribution in [2.45, 2.75) is 6.54 Å². The number of hydrogen-bond acceptors (Lipinski definition) is 5. The Bertz CT molecular complexity index is 582. The first-order valence-corrected chi connectivity index (χ1v) is 8.25. The summed E-state index contributed by atoms with van der Waals surface area (Å²) in [6.07, 6.45) is 0. The normalized spacial score (nSPS) is 20.9. The lowest BCUT2D eigenvalue weighted by Crippen LogP contribution is -2.34. The number of amides is 1. The third-order valence-corrected chi connectivity index (χ3v) is 4.85. The number of carbonyl (C=O) groups excluding carboxylic acids is 1. The van der Waals surface area contributed by atoms with Gasteiger partial charge in [0, 0.05) is 39.7 Å². The molecule has 0 unspecified atom stereocenters. The van der Waals surface area contributed by atoms with E-state index in [0.29, 0.717) is 36.2 Å². The minimum absolute atomic E-state index is 0.0537. The van der Waals surface area contributed by atoms with Gasteiger partial charge >= 0.3 is 0 Å². The van der Waals surface area contributed by atoms with E-state index in [0.717, 1.165) is 12.1 Å². The fourth-order valence-electron chi connectivity index (χ4n) is 3.25. The summed E-state index contributed by atoms with van der Waals surface area (Å²) in [6.45, 7) is 2.68. The Kier molecular flexibility index (Phi) is 6.71. The first-order chi connectivity index (χ1) is 11.5. The van der Waals surface area contributed by atoms with Crippen LogP contribution in [0, 0.1) is 11.8 Å². The third-order valence-electron chi connectivity index (χ3n) is 4.44. The molecule has 0 saturated carbocycles. The van der Waals surface area contributed by atoms with Crippen molar-refractivity contribution in [1.82, 2.24) is 10.2 Å². The smallest absolute Gasteiger partial charge is 0.224 e. The SMILES string of the molecule is CNC(=O)[C@@H]1CN(Cc2ccc(OC)c(OC)c2Cl)C[C@H]1COC. The van der Waals surface area contributed by atoms with Crippen LogP contribution in [0.3, 0.4) is 0 Å². The van der Waals surface area contributed by atoms with Crippen molar-refractivity contribution in [2.75, 3.05) is 48.1 Å². The summed E-state index contributed by atoms with van der Waals surface area (Å²) in [6, 6.07) is 3.78. The zero-order chi connectivity index (χ0) is 17.7. The Balaban J connectivity index is 2.15. The molecular formula is C17H25ClN2O4. The van der Waals surface area contributed by atoms with Crippen LogP contribution in [0.2, 0.25) is 5.02 Å². The number of rotatable bonds is 7. The average Bonchev–Trinajstić information content (AvgIpc) is 2.98. The monoisotopic (exact) mass is 356 g/mol. The molecule has 2 atom stereocenters. The second kappa shape index (κ2) is 8.55. The number of methoxy groups -OCH3 is 3. The summed E-state index contributed by atoms with van der Waals surface area (Å²) in [5.74, 6) is 1.29. The van der Waals surface area contributed by atoms with E-state index in [4.69, 9.17) is 25.8 Å². The fourth-order valence-corrected chi connectivity index (χ4v) is 3.54. The Morgan fingerprint density at radius 3 is 2.62 bits per heavy atom. The molecule has 1 amide bonds. The highest BCUT2D eigenvalue weighted by Crippen LogP contribution is 2.38. The number of likely N-dealkylation sites (tertiary alicyclic amines) is 1. The zero-order valence-electron chi connectivity index (χ0n) is 14.6. The van der Waals surface area contributed by atoms with E-state index < -0.39 is 0 Å². The predicted molar refractivity (Wildman–Crippen MR) is 92.8 cm³/mol. The molecule has 0 aromatic heterocycles. The number of ether oxygens (including phenoxy) is 3. The Morgan fingerprint density at radius 2 is 2.04 bits per heavy atom. The van der Waals surface area contributed by atoms with Gasteiger partial charge in [0.1, 0.15) is 0 Å². The van der Waals surface area contributed by atoms with Crippen LogP contribution in [0.15, 0.2) is 12.1 Å². The van der Waals surface area contributed by atoms with Crippen LogP contribution in [0.25, 0.3) is 0 Å². The molecule has 1 aliphatic heterocycles. The van der Waals surface area contributed by atoms with Crippen LogP contribution in [0.5, 0.6) is 11.5 Å². The van der Waals surface area contributed by atoms with Gasteiger partial charge in [-0.15, -0.1) is 0 Å². The number of halogens is 1. The second-order valence-corrected chi connectivity index (χ2v) is 6.28. The summed E-state index contributed by atoms with van der Waals surface area (Å²) in [7, 11) is 6.48. The molecule has 0 radical (unpaired) electrons. The van der Waals surface area contributed by atoms with Crippen molar-refractivity contribution in [2.24, 2.45) is 11.8 Å². The first-order valence-electron chi connectivity index (χ1n) is 7.87. The molecule has 1 N–H and O–H groups in total. The number of benzene rings is 1. The third kappa shape index (κ3) is 3.94. The largest absolute Gasteiger partial charge is 0.493 e. The number of hydrogen-bond donors (Lipinski definition) is 1. The van der Waals surface area contributed by atoms with E-state index in [9.17, 15) is 4.79 Å².